The second kappa shape index (κ2) is 6.12. The van der Waals surface area contributed by atoms with Crippen molar-refractivity contribution in [2.24, 2.45) is 5.73 Å². The van der Waals surface area contributed by atoms with E-state index < -0.39 is 0 Å². The van der Waals surface area contributed by atoms with Crippen molar-refractivity contribution in [1.29, 1.82) is 0 Å². The molecule has 0 radical (unpaired) electrons. The first-order chi connectivity index (χ1) is 6.72. The second-order valence-electron chi connectivity index (χ2n) is 3.05. The van der Waals surface area contributed by atoms with Gasteiger partial charge in [0.25, 0.3) is 0 Å². The molecule has 14 heavy (non-hydrogen) atoms. The zero-order valence-corrected chi connectivity index (χ0v) is 9.52. The predicted octanol–water partition coefficient (Wildman–Crippen LogP) is 3.34. The Morgan fingerprint density at radius 1 is 1.57 bits per heavy atom. The second-order valence-corrected chi connectivity index (χ2v) is 4.58. The Morgan fingerprint density at radius 3 is 3.00 bits per heavy atom. The third kappa shape index (κ3) is 4.18. The fourth-order valence-corrected chi connectivity index (χ4v) is 2.22. The standard InChI is InChI=1S/C11H14ClNS/c1-2-4-10(13)8-14-11-6-3-5-9(12)7-11/h2-3,5-7,10H,1,4,8,13H2. The van der Waals surface area contributed by atoms with Gasteiger partial charge >= 0.3 is 0 Å². The van der Waals surface area contributed by atoms with Crippen molar-refractivity contribution in [1.82, 2.24) is 0 Å². The lowest BCUT2D eigenvalue weighted by Gasteiger charge is -2.08. The molecule has 1 aromatic rings. The highest BCUT2D eigenvalue weighted by Gasteiger charge is 2.01. The van der Waals surface area contributed by atoms with Gasteiger partial charge in [-0.05, 0) is 24.6 Å². The fraction of sp³-hybridized carbons (Fsp3) is 0.273. The maximum atomic E-state index is 5.86. The summed E-state index contributed by atoms with van der Waals surface area (Å²) in [5, 5.41) is 0.771. The summed E-state index contributed by atoms with van der Waals surface area (Å²) in [6.07, 6.45) is 2.71. The van der Waals surface area contributed by atoms with Crippen molar-refractivity contribution in [2.75, 3.05) is 5.75 Å². The number of nitrogens with two attached hydrogens (primary N) is 1. The van der Waals surface area contributed by atoms with Gasteiger partial charge in [0.15, 0.2) is 0 Å². The van der Waals surface area contributed by atoms with Gasteiger partial charge in [-0.25, -0.2) is 0 Å². The monoisotopic (exact) mass is 227 g/mol. The molecular weight excluding hydrogens is 214 g/mol. The molecule has 0 saturated carbocycles. The Morgan fingerprint density at radius 2 is 2.36 bits per heavy atom. The molecule has 0 amide bonds. The number of thioether (sulfide) groups is 1. The average Bonchev–Trinajstić information content (AvgIpc) is 2.15. The molecule has 2 N–H and O–H groups in total. The van der Waals surface area contributed by atoms with E-state index in [-0.39, 0.29) is 6.04 Å². The molecule has 1 unspecified atom stereocenters. The van der Waals surface area contributed by atoms with Crippen molar-refractivity contribution in [3.8, 4) is 0 Å². The van der Waals surface area contributed by atoms with Crippen molar-refractivity contribution in [2.45, 2.75) is 17.4 Å². The van der Waals surface area contributed by atoms with Gasteiger partial charge in [0.1, 0.15) is 0 Å². The number of halogens is 1. The summed E-state index contributed by atoms with van der Waals surface area (Å²) in [6.45, 7) is 3.66. The van der Waals surface area contributed by atoms with E-state index in [4.69, 9.17) is 17.3 Å². The van der Waals surface area contributed by atoms with Crippen LogP contribution in [-0.4, -0.2) is 11.8 Å². The van der Waals surface area contributed by atoms with Gasteiger partial charge in [0, 0.05) is 21.7 Å². The molecule has 1 atom stereocenters. The van der Waals surface area contributed by atoms with Crippen LogP contribution in [0.1, 0.15) is 6.42 Å². The van der Waals surface area contributed by atoms with Crippen LogP contribution >= 0.6 is 23.4 Å². The van der Waals surface area contributed by atoms with E-state index in [0.29, 0.717) is 0 Å². The molecule has 0 aromatic heterocycles. The molecule has 0 heterocycles. The van der Waals surface area contributed by atoms with Crippen LogP contribution in [0.5, 0.6) is 0 Å². The Balaban J connectivity index is 2.41. The van der Waals surface area contributed by atoms with Gasteiger partial charge in [-0.15, -0.1) is 18.3 Å². The summed E-state index contributed by atoms with van der Waals surface area (Å²) in [5.41, 5.74) is 5.85. The first kappa shape index (κ1) is 11.6. The highest BCUT2D eigenvalue weighted by Crippen LogP contribution is 2.22. The van der Waals surface area contributed by atoms with Crippen LogP contribution in [0.3, 0.4) is 0 Å². The van der Waals surface area contributed by atoms with Crippen LogP contribution in [0.4, 0.5) is 0 Å². The van der Waals surface area contributed by atoms with Gasteiger partial charge in [0.05, 0.1) is 0 Å². The van der Waals surface area contributed by atoms with Crippen LogP contribution < -0.4 is 5.73 Å². The van der Waals surface area contributed by atoms with Crippen LogP contribution in [0.25, 0.3) is 0 Å². The first-order valence-corrected chi connectivity index (χ1v) is 5.83. The summed E-state index contributed by atoms with van der Waals surface area (Å²) >= 11 is 7.59. The van der Waals surface area contributed by atoms with E-state index in [0.717, 1.165) is 22.1 Å². The first-order valence-electron chi connectivity index (χ1n) is 4.47. The lowest BCUT2D eigenvalue weighted by atomic mass is 10.2. The number of hydrogen-bond donors (Lipinski definition) is 1. The summed E-state index contributed by atoms with van der Waals surface area (Å²) in [5.74, 6) is 0.895. The van der Waals surface area contributed by atoms with Gasteiger partial charge < -0.3 is 5.73 Å². The van der Waals surface area contributed by atoms with Crippen molar-refractivity contribution >= 4 is 23.4 Å². The van der Waals surface area contributed by atoms with Crippen LogP contribution in [-0.2, 0) is 0 Å². The largest absolute Gasteiger partial charge is 0.327 e. The highest BCUT2D eigenvalue weighted by molar-refractivity contribution is 7.99. The minimum atomic E-state index is 0.177. The minimum Gasteiger partial charge on any atom is -0.327 e. The minimum absolute atomic E-state index is 0.177. The molecule has 3 heteroatoms. The molecule has 0 aliphatic carbocycles. The highest BCUT2D eigenvalue weighted by atomic mass is 35.5. The van der Waals surface area contributed by atoms with Gasteiger partial charge in [-0.2, -0.15) is 0 Å². The normalized spacial score (nSPS) is 12.4. The van der Waals surface area contributed by atoms with E-state index in [2.05, 4.69) is 6.58 Å². The molecular formula is C11H14ClNS. The summed E-state index contributed by atoms with van der Waals surface area (Å²) in [7, 11) is 0. The van der Waals surface area contributed by atoms with E-state index >= 15 is 0 Å². The zero-order chi connectivity index (χ0) is 10.4. The summed E-state index contributed by atoms with van der Waals surface area (Å²) < 4.78 is 0. The average molecular weight is 228 g/mol. The SMILES string of the molecule is C=CCC(N)CSc1cccc(Cl)c1. The molecule has 76 valence electrons. The van der Waals surface area contributed by atoms with E-state index in [9.17, 15) is 0 Å². The third-order valence-electron chi connectivity index (χ3n) is 1.73. The van der Waals surface area contributed by atoms with E-state index in [1.807, 2.05) is 30.3 Å². The van der Waals surface area contributed by atoms with Gasteiger partial charge in [-0.1, -0.05) is 23.7 Å². The quantitative estimate of drug-likeness (QED) is 0.617. The van der Waals surface area contributed by atoms with Crippen LogP contribution in [0.15, 0.2) is 41.8 Å². The predicted molar refractivity (Wildman–Crippen MR) is 65.0 cm³/mol. The Labute approximate surface area is 94.3 Å². The van der Waals surface area contributed by atoms with Gasteiger partial charge in [-0.3, -0.25) is 0 Å². The summed E-state index contributed by atoms with van der Waals surface area (Å²) in [4.78, 5) is 1.16. The molecule has 1 aromatic carbocycles. The van der Waals surface area contributed by atoms with Gasteiger partial charge in [0.2, 0.25) is 0 Å². The smallest absolute Gasteiger partial charge is 0.0417 e. The molecule has 1 rings (SSSR count). The Bertz CT molecular complexity index is 301. The Kier molecular flexibility index (Phi) is 5.09. The van der Waals surface area contributed by atoms with Crippen molar-refractivity contribution in [3.63, 3.8) is 0 Å². The molecule has 0 aliphatic heterocycles. The number of rotatable bonds is 5. The summed E-state index contributed by atoms with van der Waals surface area (Å²) in [6, 6.07) is 7.99. The fourth-order valence-electron chi connectivity index (χ4n) is 1.04. The van der Waals surface area contributed by atoms with Crippen LogP contribution in [0, 0.1) is 0 Å². The maximum Gasteiger partial charge on any atom is 0.0417 e. The van der Waals surface area contributed by atoms with Crippen LogP contribution in [0.2, 0.25) is 5.02 Å². The van der Waals surface area contributed by atoms with Crippen molar-refractivity contribution in [3.05, 3.63) is 41.9 Å². The Hall–Kier alpha value is -0.440. The van der Waals surface area contributed by atoms with E-state index in [1.165, 1.54) is 0 Å². The zero-order valence-electron chi connectivity index (χ0n) is 7.95. The lowest BCUT2D eigenvalue weighted by Crippen LogP contribution is -2.21. The molecule has 1 nitrogen and oxygen atoms in total. The number of benzene rings is 1. The molecule has 0 saturated heterocycles. The number of hydrogen-bond acceptors (Lipinski definition) is 2. The maximum absolute atomic E-state index is 5.86. The molecule has 0 bridgehead atoms. The topological polar surface area (TPSA) is 26.0 Å². The lowest BCUT2D eigenvalue weighted by molar-refractivity contribution is 0.769. The third-order valence-corrected chi connectivity index (χ3v) is 3.15. The molecule has 0 spiro atoms. The van der Waals surface area contributed by atoms with Crippen molar-refractivity contribution < 1.29 is 0 Å². The molecule has 0 aliphatic rings. The molecule has 0 fully saturated rings. The van der Waals surface area contributed by atoms with E-state index in [1.54, 1.807) is 11.8 Å².